The van der Waals surface area contributed by atoms with Gasteiger partial charge in [-0.25, -0.2) is 8.78 Å². The maximum Gasteiger partial charge on any atom is 0.252 e. The molecule has 0 aliphatic carbocycles. The Labute approximate surface area is 157 Å². The number of hydrogen-bond donors (Lipinski definition) is 2. The Bertz CT molecular complexity index is 719. The molecule has 2 aliphatic rings. The van der Waals surface area contributed by atoms with Crippen LogP contribution in [0.1, 0.15) is 33.6 Å². The van der Waals surface area contributed by atoms with Crippen LogP contribution in [0.3, 0.4) is 0 Å². The zero-order chi connectivity index (χ0) is 19.8. The van der Waals surface area contributed by atoms with Crippen LogP contribution in [0.5, 0.6) is 0 Å². The molecular weight excluding hydrogens is 354 g/mol. The average Bonchev–Trinajstić information content (AvgIpc) is 2.57. The Morgan fingerprint density at radius 1 is 1.11 bits per heavy atom. The number of carbonyl (C=O) groups is 2. The SMILES string of the molecule is CC(C)(C)N1C(=O)CCC(Nc2cc(F)c(N3CCNCC3)c(F)c2)C1=O. The van der Waals surface area contributed by atoms with Crippen LogP contribution < -0.4 is 15.5 Å². The van der Waals surface area contributed by atoms with Gasteiger partial charge < -0.3 is 15.5 Å². The van der Waals surface area contributed by atoms with Crippen LogP contribution in [-0.2, 0) is 9.59 Å². The Kier molecular flexibility index (Phi) is 5.37. The van der Waals surface area contributed by atoms with Gasteiger partial charge in [-0.3, -0.25) is 14.5 Å². The quantitative estimate of drug-likeness (QED) is 0.787. The number of piperidine rings is 1. The third kappa shape index (κ3) is 4.05. The first-order valence-corrected chi connectivity index (χ1v) is 9.26. The van der Waals surface area contributed by atoms with Crippen molar-refractivity contribution in [3.63, 3.8) is 0 Å². The Morgan fingerprint density at radius 3 is 2.26 bits per heavy atom. The summed E-state index contributed by atoms with van der Waals surface area (Å²) in [5.41, 5.74) is -0.481. The summed E-state index contributed by atoms with van der Waals surface area (Å²) in [6, 6.07) is 1.74. The minimum atomic E-state index is -0.689. The number of amides is 2. The molecular formula is C19H26F2N4O2. The fraction of sp³-hybridized carbons (Fsp3) is 0.579. The highest BCUT2D eigenvalue weighted by atomic mass is 19.1. The predicted octanol–water partition coefficient (Wildman–Crippen LogP) is 2.10. The van der Waals surface area contributed by atoms with Crippen molar-refractivity contribution in [3.8, 4) is 0 Å². The van der Waals surface area contributed by atoms with E-state index in [1.807, 2.05) is 0 Å². The van der Waals surface area contributed by atoms with Gasteiger partial charge in [0.2, 0.25) is 5.91 Å². The molecule has 27 heavy (non-hydrogen) atoms. The number of likely N-dealkylation sites (tertiary alicyclic amines) is 1. The smallest absolute Gasteiger partial charge is 0.252 e. The van der Waals surface area contributed by atoms with Crippen molar-refractivity contribution in [3.05, 3.63) is 23.8 Å². The lowest BCUT2D eigenvalue weighted by Crippen LogP contribution is -2.57. The number of benzene rings is 1. The number of rotatable bonds is 3. The molecule has 1 unspecified atom stereocenters. The zero-order valence-corrected chi connectivity index (χ0v) is 15.9. The number of piperazine rings is 1. The van der Waals surface area contributed by atoms with Gasteiger partial charge in [0.25, 0.3) is 5.91 Å². The first-order chi connectivity index (χ1) is 12.7. The fourth-order valence-electron chi connectivity index (χ4n) is 3.66. The maximum atomic E-state index is 14.6. The van der Waals surface area contributed by atoms with Crippen LogP contribution in [0.25, 0.3) is 0 Å². The molecule has 0 aromatic heterocycles. The van der Waals surface area contributed by atoms with E-state index in [2.05, 4.69) is 10.6 Å². The number of hydrogen-bond acceptors (Lipinski definition) is 5. The third-order valence-electron chi connectivity index (χ3n) is 4.88. The monoisotopic (exact) mass is 380 g/mol. The first kappa shape index (κ1) is 19.5. The lowest BCUT2D eigenvalue weighted by atomic mass is 9.96. The van der Waals surface area contributed by atoms with Crippen molar-refractivity contribution >= 4 is 23.2 Å². The van der Waals surface area contributed by atoms with E-state index in [-0.39, 0.29) is 29.6 Å². The van der Waals surface area contributed by atoms with Crippen LogP contribution in [0.4, 0.5) is 20.2 Å². The molecule has 0 spiro atoms. The molecule has 8 heteroatoms. The molecule has 2 amide bonds. The Hall–Kier alpha value is -2.22. The molecule has 2 heterocycles. The Morgan fingerprint density at radius 2 is 1.70 bits per heavy atom. The second kappa shape index (κ2) is 7.42. The van der Waals surface area contributed by atoms with E-state index in [1.54, 1.807) is 25.7 Å². The van der Waals surface area contributed by atoms with Gasteiger partial charge in [0.1, 0.15) is 11.7 Å². The standard InChI is InChI=1S/C19H26F2N4O2/c1-19(2,3)25-16(26)5-4-15(18(25)27)23-12-10-13(20)17(14(21)11-12)24-8-6-22-7-9-24/h10-11,15,22-23H,4-9H2,1-3H3. The summed E-state index contributed by atoms with van der Waals surface area (Å²) in [7, 11) is 0. The minimum absolute atomic E-state index is 0.0384. The maximum absolute atomic E-state index is 14.6. The van der Waals surface area contributed by atoms with Gasteiger partial charge in [-0.1, -0.05) is 0 Å². The van der Waals surface area contributed by atoms with Gasteiger partial charge in [-0.05, 0) is 39.3 Å². The molecule has 2 aliphatic heterocycles. The van der Waals surface area contributed by atoms with Crippen molar-refractivity contribution < 1.29 is 18.4 Å². The zero-order valence-electron chi connectivity index (χ0n) is 15.9. The lowest BCUT2D eigenvalue weighted by molar-refractivity contribution is -0.154. The highest BCUT2D eigenvalue weighted by Gasteiger charge is 2.40. The highest BCUT2D eigenvalue weighted by Crippen LogP contribution is 2.30. The van der Waals surface area contributed by atoms with E-state index in [1.165, 1.54) is 17.0 Å². The molecule has 0 radical (unpaired) electrons. The molecule has 2 saturated heterocycles. The van der Waals surface area contributed by atoms with E-state index in [0.717, 1.165) is 0 Å². The number of imide groups is 1. The van der Waals surface area contributed by atoms with Crippen LogP contribution in [-0.4, -0.2) is 54.5 Å². The molecule has 1 aromatic rings. The summed E-state index contributed by atoms with van der Waals surface area (Å²) in [6.07, 6.45) is 0.511. The number of nitrogens with zero attached hydrogens (tertiary/aromatic N) is 2. The first-order valence-electron chi connectivity index (χ1n) is 9.26. The third-order valence-corrected chi connectivity index (χ3v) is 4.88. The average molecular weight is 380 g/mol. The van der Waals surface area contributed by atoms with Gasteiger partial charge in [0.05, 0.1) is 0 Å². The van der Waals surface area contributed by atoms with Crippen molar-refractivity contribution in [2.75, 3.05) is 36.4 Å². The lowest BCUT2D eigenvalue weighted by Gasteiger charge is -2.40. The van der Waals surface area contributed by atoms with Crippen molar-refractivity contribution in [2.24, 2.45) is 0 Å². The molecule has 1 atom stereocenters. The summed E-state index contributed by atoms with van der Waals surface area (Å²) < 4.78 is 29.2. The minimum Gasteiger partial charge on any atom is -0.373 e. The second-order valence-corrected chi connectivity index (χ2v) is 8.00. The summed E-state index contributed by atoms with van der Waals surface area (Å²) in [5.74, 6) is -1.92. The molecule has 2 fully saturated rings. The molecule has 1 aromatic carbocycles. The molecule has 2 N–H and O–H groups in total. The van der Waals surface area contributed by atoms with Crippen LogP contribution >= 0.6 is 0 Å². The predicted molar refractivity (Wildman–Crippen MR) is 99.7 cm³/mol. The number of halogens is 2. The van der Waals surface area contributed by atoms with E-state index in [9.17, 15) is 18.4 Å². The summed E-state index contributed by atoms with van der Waals surface area (Å²) in [5, 5.41) is 6.06. The van der Waals surface area contributed by atoms with E-state index < -0.39 is 23.2 Å². The molecule has 6 nitrogen and oxygen atoms in total. The Balaban J connectivity index is 1.79. The summed E-state index contributed by atoms with van der Waals surface area (Å²) >= 11 is 0. The number of nitrogens with one attached hydrogen (secondary N) is 2. The molecule has 148 valence electrons. The largest absolute Gasteiger partial charge is 0.373 e. The van der Waals surface area contributed by atoms with Crippen LogP contribution in [0.2, 0.25) is 0 Å². The van der Waals surface area contributed by atoms with Gasteiger partial charge in [0.15, 0.2) is 11.6 Å². The fourth-order valence-corrected chi connectivity index (χ4v) is 3.66. The van der Waals surface area contributed by atoms with Gasteiger partial charge >= 0.3 is 0 Å². The molecule has 3 rings (SSSR count). The van der Waals surface area contributed by atoms with Crippen molar-refractivity contribution in [1.82, 2.24) is 10.2 Å². The van der Waals surface area contributed by atoms with Crippen LogP contribution in [0, 0.1) is 11.6 Å². The van der Waals surface area contributed by atoms with E-state index >= 15 is 0 Å². The molecule has 0 bridgehead atoms. The van der Waals surface area contributed by atoms with Gasteiger partial charge in [-0.2, -0.15) is 0 Å². The van der Waals surface area contributed by atoms with Crippen molar-refractivity contribution in [1.29, 1.82) is 0 Å². The molecule has 0 saturated carbocycles. The topological polar surface area (TPSA) is 64.7 Å². The van der Waals surface area contributed by atoms with Gasteiger partial charge in [0, 0.05) is 43.8 Å². The summed E-state index contributed by atoms with van der Waals surface area (Å²) in [6.45, 7) is 7.76. The summed E-state index contributed by atoms with van der Waals surface area (Å²) in [4.78, 5) is 27.7. The highest BCUT2D eigenvalue weighted by molar-refractivity contribution is 6.02. The van der Waals surface area contributed by atoms with Crippen molar-refractivity contribution in [2.45, 2.75) is 45.2 Å². The van der Waals surface area contributed by atoms with E-state index in [0.29, 0.717) is 32.6 Å². The number of carbonyl (C=O) groups excluding carboxylic acids is 2. The number of anilines is 2. The normalized spacial score (nSPS) is 21.6. The van der Waals surface area contributed by atoms with Crippen LogP contribution in [0.15, 0.2) is 12.1 Å². The van der Waals surface area contributed by atoms with Gasteiger partial charge in [-0.15, -0.1) is 0 Å². The van der Waals surface area contributed by atoms with E-state index in [4.69, 9.17) is 0 Å². The second-order valence-electron chi connectivity index (χ2n) is 8.00.